The first kappa shape index (κ1) is 12.9. The third kappa shape index (κ3) is 2.37. The first-order valence-electron chi connectivity index (χ1n) is 7.21. The molecule has 1 aromatic rings. The molecule has 2 heterocycles. The Morgan fingerprint density at radius 3 is 3.00 bits per heavy atom. The summed E-state index contributed by atoms with van der Waals surface area (Å²) in [5, 5.41) is 10.4. The van der Waals surface area contributed by atoms with E-state index in [-0.39, 0.29) is 11.7 Å². The molecule has 1 saturated heterocycles. The largest absolute Gasteiger partial charge is 0.487 e. The number of ether oxygens (including phenoxy) is 2. The fourth-order valence-corrected chi connectivity index (χ4v) is 3.29. The zero-order chi connectivity index (χ0) is 13.5. The van der Waals surface area contributed by atoms with Crippen LogP contribution >= 0.6 is 0 Å². The minimum absolute atomic E-state index is 0.236. The highest BCUT2D eigenvalue weighted by Gasteiger charge is 2.44. The van der Waals surface area contributed by atoms with Gasteiger partial charge in [0, 0.05) is 24.8 Å². The molecule has 1 spiro atoms. The lowest BCUT2D eigenvalue weighted by molar-refractivity contribution is -0.116. The predicted octanol–water partition coefficient (Wildman–Crippen LogP) is 3.14. The standard InChI is InChI=1S/C16H22O3/c1-3-12-9-16(6-7-18-12)10-14(17)13-8-11(2)4-5-15(13)19-16/h4-5,8,12,14,17H,3,6-7,9-10H2,1-2H3/t12?,14-,16?/m1/s1. The predicted molar refractivity (Wildman–Crippen MR) is 73.4 cm³/mol. The molecule has 3 nitrogen and oxygen atoms in total. The fraction of sp³-hybridized carbons (Fsp3) is 0.625. The zero-order valence-corrected chi connectivity index (χ0v) is 11.7. The molecule has 2 aliphatic rings. The molecule has 0 amide bonds. The van der Waals surface area contributed by atoms with Gasteiger partial charge in [0.05, 0.1) is 18.8 Å². The van der Waals surface area contributed by atoms with Crippen molar-refractivity contribution in [3.05, 3.63) is 29.3 Å². The minimum Gasteiger partial charge on any atom is -0.487 e. The molecule has 104 valence electrons. The monoisotopic (exact) mass is 262 g/mol. The molecule has 1 N–H and O–H groups in total. The van der Waals surface area contributed by atoms with Crippen molar-refractivity contribution in [2.75, 3.05) is 6.61 Å². The maximum absolute atomic E-state index is 10.4. The highest BCUT2D eigenvalue weighted by Crippen LogP contribution is 2.45. The third-order valence-electron chi connectivity index (χ3n) is 4.38. The Bertz CT molecular complexity index is 471. The van der Waals surface area contributed by atoms with Gasteiger partial charge >= 0.3 is 0 Å². The summed E-state index contributed by atoms with van der Waals surface area (Å²) in [6.45, 7) is 4.91. The van der Waals surface area contributed by atoms with E-state index in [2.05, 4.69) is 6.92 Å². The van der Waals surface area contributed by atoms with Crippen LogP contribution < -0.4 is 4.74 Å². The summed E-state index contributed by atoms with van der Waals surface area (Å²) in [5.74, 6) is 0.848. The van der Waals surface area contributed by atoms with E-state index >= 15 is 0 Å². The Morgan fingerprint density at radius 2 is 2.21 bits per heavy atom. The van der Waals surface area contributed by atoms with Gasteiger partial charge < -0.3 is 14.6 Å². The van der Waals surface area contributed by atoms with Crippen LogP contribution in [-0.2, 0) is 4.74 Å². The average Bonchev–Trinajstić information content (AvgIpc) is 2.40. The highest BCUT2D eigenvalue weighted by atomic mass is 16.5. The van der Waals surface area contributed by atoms with E-state index in [4.69, 9.17) is 9.47 Å². The zero-order valence-electron chi connectivity index (χ0n) is 11.7. The molecule has 0 saturated carbocycles. The Morgan fingerprint density at radius 1 is 1.37 bits per heavy atom. The SMILES string of the molecule is CCC1CC2(CCO1)C[C@@H](O)c1cc(C)ccc1O2. The second-order valence-corrected chi connectivity index (χ2v) is 5.90. The van der Waals surface area contributed by atoms with Gasteiger partial charge in [-0.05, 0) is 25.5 Å². The van der Waals surface area contributed by atoms with E-state index in [1.807, 2.05) is 25.1 Å². The first-order chi connectivity index (χ1) is 9.12. The molecule has 1 fully saturated rings. The number of hydrogen-bond donors (Lipinski definition) is 1. The maximum atomic E-state index is 10.4. The Balaban J connectivity index is 1.89. The lowest BCUT2D eigenvalue weighted by Gasteiger charge is -2.45. The first-order valence-corrected chi connectivity index (χ1v) is 7.21. The molecule has 2 unspecified atom stereocenters. The van der Waals surface area contributed by atoms with Crippen LogP contribution in [0.15, 0.2) is 18.2 Å². The second kappa shape index (κ2) is 4.80. The van der Waals surface area contributed by atoms with Crippen LogP contribution in [-0.4, -0.2) is 23.4 Å². The van der Waals surface area contributed by atoms with E-state index in [9.17, 15) is 5.11 Å². The summed E-state index contributed by atoms with van der Waals surface area (Å²) in [7, 11) is 0. The van der Waals surface area contributed by atoms with E-state index in [0.717, 1.165) is 42.7 Å². The highest BCUT2D eigenvalue weighted by molar-refractivity contribution is 5.41. The van der Waals surface area contributed by atoms with Crippen molar-refractivity contribution in [1.29, 1.82) is 0 Å². The number of fused-ring (bicyclic) bond motifs is 1. The summed E-state index contributed by atoms with van der Waals surface area (Å²) < 4.78 is 12.0. The molecule has 0 aromatic heterocycles. The fourth-order valence-electron chi connectivity index (χ4n) is 3.29. The van der Waals surface area contributed by atoms with Crippen LogP contribution in [0.1, 0.15) is 49.8 Å². The summed E-state index contributed by atoms with van der Waals surface area (Å²) in [5.41, 5.74) is 1.86. The van der Waals surface area contributed by atoms with Gasteiger partial charge in [0.25, 0.3) is 0 Å². The van der Waals surface area contributed by atoms with Crippen LogP contribution in [0.4, 0.5) is 0 Å². The quantitative estimate of drug-likeness (QED) is 0.845. The summed E-state index contributed by atoms with van der Waals surface area (Å²) >= 11 is 0. The van der Waals surface area contributed by atoms with Crippen LogP contribution in [0, 0.1) is 6.92 Å². The third-order valence-corrected chi connectivity index (χ3v) is 4.38. The van der Waals surface area contributed by atoms with E-state index in [0.29, 0.717) is 6.42 Å². The summed E-state index contributed by atoms with van der Waals surface area (Å²) in [6, 6.07) is 6.07. The lowest BCUT2D eigenvalue weighted by Crippen LogP contribution is -2.48. The Labute approximate surface area is 114 Å². The van der Waals surface area contributed by atoms with E-state index in [1.54, 1.807) is 0 Å². The van der Waals surface area contributed by atoms with Crippen LogP contribution in [0.5, 0.6) is 5.75 Å². The smallest absolute Gasteiger partial charge is 0.125 e. The summed E-state index contributed by atoms with van der Waals surface area (Å²) in [4.78, 5) is 0. The normalized spacial score (nSPS) is 33.8. The van der Waals surface area contributed by atoms with Gasteiger partial charge in [0.1, 0.15) is 11.4 Å². The van der Waals surface area contributed by atoms with Crippen molar-refractivity contribution in [3.63, 3.8) is 0 Å². The van der Waals surface area contributed by atoms with Gasteiger partial charge in [0.2, 0.25) is 0 Å². The topological polar surface area (TPSA) is 38.7 Å². The van der Waals surface area contributed by atoms with Crippen molar-refractivity contribution in [2.45, 2.75) is 57.3 Å². The molecular weight excluding hydrogens is 240 g/mol. The number of aryl methyl sites for hydroxylation is 1. The van der Waals surface area contributed by atoms with Gasteiger partial charge in [-0.3, -0.25) is 0 Å². The molecule has 2 aliphatic heterocycles. The van der Waals surface area contributed by atoms with E-state index < -0.39 is 6.10 Å². The van der Waals surface area contributed by atoms with E-state index in [1.165, 1.54) is 0 Å². The molecule has 0 radical (unpaired) electrons. The molecule has 3 atom stereocenters. The number of aliphatic hydroxyl groups is 1. The molecule has 3 heteroatoms. The van der Waals surface area contributed by atoms with Crippen molar-refractivity contribution in [1.82, 2.24) is 0 Å². The Hall–Kier alpha value is -1.06. The van der Waals surface area contributed by atoms with Crippen molar-refractivity contribution in [2.24, 2.45) is 0 Å². The molecule has 3 rings (SSSR count). The Kier molecular flexibility index (Phi) is 3.27. The van der Waals surface area contributed by atoms with Crippen LogP contribution in [0.2, 0.25) is 0 Å². The minimum atomic E-state index is -0.417. The number of hydrogen-bond acceptors (Lipinski definition) is 3. The lowest BCUT2D eigenvalue weighted by atomic mass is 9.80. The average molecular weight is 262 g/mol. The number of rotatable bonds is 1. The van der Waals surface area contributed by atoms with Gasteiger partial charge in [0.15, 0.2) is 0 Å². The molecule has 0 aliphatic carbocycles. The maximum Gasteiger partial charge on any atom is 0.125 e. The molecule has 19 heavy (non-hydrogen) atoms. The van der Waals surface area contributed by atoms with Gasteiger partial charge in [-0.1, -0.05) is 18.6 Å². The van der Waals surface area contributed by atoms with Crippen LogP contribution in [0.3, 0.4) is 0 Å². The number of aliphatic hydroxyl groups excluding tert-OH is 1. The van der Waals surface area contributed by atoms with Gasteiger partial charge in [-0.15, -0.1) is 0 Å². The molecular formula is C16H22O3. The van der Waals surface area contributed by atoms with Crippen molar-refractivity contribution >= 4 is 0 Å². The second-order valence-electron chi connectivity index (χ2n) is 5.90. The van der Waals surface area contributed by atoms with Gasteiger partial charge in [-0.25, -0.2) is 0 Å². The summed E-state index contributed by atoms with van der Waals surface area (Å²) in [6.07, 6.45) is 3.28. The van der Waals surface area contributed by atoms with Crippen LogP contribution in [0.25, 0.3) is 0 Å². The molecule has 0 bridgehead atoms. The molecule has 1 aromatic carbocycles. The number of benzene rings is 1. The van der Waals surface area contributed by atoms with Crippen molar-refractivity contribution in [3.8, 4) is 5.75 Å². The van der Waals surface area contributed by atoms with Crippen molar-refractivity contribution < 1.29 is 14.6 Å². The van der Waals surface area contributed by atoms with Gasteiger partial charge in [-0.2, -0.15) is 0 Å².